The predicted molar refractivity (Wildman–Crippen MR) is 128 cm³/mol. The largest absolute Gasteiger partial charge is 0.481 e. The third kappa shape index (κ3) is 28.5. The van der Waals surface area contributed by atoms with Crippen molar-refractivity contribution in [1.29, 1.82) is 0 Å². The van der Waals surface area contributed by atoms with E-state index in [0.717, 1.165) is 25.7 Å². The Morgan fingerprint density at radius 1 is 0.800 bits per heavy atom. The molecule has 1 atom stereocenters. The Morgan fingerprint density at radius 2 is 1.27 bits per heavy atom. The fraction of sp³-hybridized carbons (Fsp3) is 0.640. The molecule has 0 saturated heterocycles. The zero-order valence-corrected chi connectivity index (χ0v) is 19.1. The zero-order chi connectivity index (χ0) is 22.7. The molecule has 30 heavy (non-hydrogen) atoms. The Balaban J connectivity index is 0. The number of aliphatic carboxylic acids is 1. The smallest absolute Gasteiger partial charge is 0.306 e. The van der Waals surface area contributed by atoms with Gasteiger partial charge in [-0.2, -0.15) is 0 Å². The highest BCUT2D eigenvalue weighted by atomic mass is 16.4. The molecular weight excluding hydrogens is 378 g/mol. The number of allylic oxidation sites excluding steroid dienone is 8. The molecule has 0 fully saturated rings. The van der Waals surface area contributed by atoms with Gasteiger partial charge in [0.05, 0.1) is 19.1 Å². The Morgan fingerprint density at radius 3 is 1.70 bits per heavy atom. The van der Waals surface area contributed by atoms with Crippen molar-refractivity contribution in [2.24, 2.45) is 5.92 Å². The normalized spacial score (nSPS) is 12.8. The van der Waals surface area contributed by atoms with Crippen LogP contribution in [0.15, 0.2) is 48.6 Å². The monoisotopic (exact) mass is 423 g/mol. The van der Waals surface area contributed by atoms with Crippen LogP contribution in [0.3, 0.4) is 0 Å². The van der Waals surface area contributed by atoms with Gasteiger partial charge in [0.2, 0.25) is 0 Å². The second kappa shape index (κ2) is 27.3. The summed E-state index contributed by atoms with van der Waals surface area (Å²) in [4.78, 5) is 10.6. The summed E-state index contributed by atoms with van der Waals surface area (Å²) >= 11 is 0. The van der Waals surface area contributed by atoms with Crippen LogP contribution < -0.4 is 5.32 Å². The fourth-order valence-electron chi connectivity index (χ4n) is 2.31. The first-order valence-electron chi connectivity index (χ1n) is 11.3. The van der Waals surface area contributed by atoms with E-state index in [9.17, 15) is 4.79 Å². The average Bonchev–Trinajstić information content (AvgIpc) is 2.74. The zero-order valence-electron chi connectivity index (χ0n) is 19.1. The minimum Gasteiger partial charge on any atom is -0.481 e. The molecule has 0 aliphatic rings. The molecular formula is C25H45NO4. The predicted octanol–water partition coefficient (Wildman–Crippen LogP) is 5.02. The minimum absolute atomic E-state index is 0.139. The van der Waals surface area contributed by atoms with Gasteiger partial charge in [-0.05, 0) is 44.9 Å². The van der Waals surface area contributed by atoms with Crippen molar-refractivity contribution in [3.8, 4) is 0 Å². The third-order valence-electron chi connectivity index (χ3n) is 4.22. The van der Waals surface area contributed by atoms with Crippen LogP contribution in [0.4, 0.5) is 0 Å². The molecule has 174 valence electrons. The maximum atomic E-state index is 10.6. The molecule has 0 aromatic rings. The minimum atomic E-state index is -0.708. The maximum Gasteiger partial charge on any atom is 0.306 e. The molecule has 0 saturated carbocycles. The van der Waals surface area contributed by atoms with Crippen molar-refractivity contribution in [2.75, 3.05) is 26.3 Å². The molecule has 0 bridgehead atoms. The number of carbonyl (C=O) groups is 1. The molecule has 0 heterocycles. The van der Waals surface area contributed by atoms with Gasteiger partial charge in [0, 0.05) is 13.1 Å². The van der Waals surface area contributed by atoms with Gasteiger partial charge < -0.3 is 20.6 Å². The van der Waals surface area contributed by atoms with Gasteiger partial charge in [-0.15, -0.1) is 0 Å². The fourth-order valence-corrected chi connectivity index (χ4v) is 2.31. The van der Waals surface area contributed by atoms with E-state index in [1.807, 2.05) is 0 Å². The highest BCUT2D eigenvalue weighted by Crippen LogP contribution is 2.06. The molecule has 0 aromatic carbocycles. The summed E-state index contributed by atoms with van der Waals surface area (Å²) in [5, 5.41) is 27.8. The molecule has 0 aliphatic carbocycles. The molecule has 0 rings (SSSR count). The Kier molecular flexibility index (Phi) is 27.8. The van der Waals surface area contributed by atoms with Crippen LogP contribution in [-0.4, -0.2) is 47.6 Å². The van der Waals surface area contributed by atoms with Crippen molar-refractivity contribution in [3.05, 3.63) is 48.6 Å². The van der Waals surface area contributed by atoms with E-state index in [4.69, 9.17) is 15.3 Å². The first kappa shape index (κ1) is 30.5. The highest BCUT2D eigenvalue weighted by Gasteiger charge is 2.08. The Labute approximate surface area is 184 Å². The van der Waals surface area contributed by atoms with Crippen molar-refractivity contribution < 1.29 is 20.1 Å². The summed E-state index contributed by atoms with van der Waals surface area (Å²) in [7, 11) is 0. The molecule has 0 radical (unpaired) electrons. The number of aliphatic hydroxyl groups excluding tert-OH is 2. The van der Waals surface area contributed by atoms with Gasteiger partial charge >= 0.3 is 5.97 Å². The van der Waals surface area contributed by atoms with Gasteiger partial charge in [-0.1, -0.05) is 75.3 Å². The lowest BCUT2D eigenvalue weighted by molar-refractivity contribution is -0.141. The second-order valence-electron chi connectivity index (χ2n) is 7.10. The van der Waals surface area contributed by atoms with Crippen LogP contribution in [0.25, 0.3) is 0 Å². The average molecular weight is 424 g/mol. The molecule has 0 aliphatic heterocycles. The van der Waals surface area contributed by atoms with E-state index in [-0.39, 0.29) is 19.1 Å². The summed E-state index contributed by atoms with van der Waals surface area (Å²) in [6.07, 6.45) is 27.1. The van der Waals surface area contributed by atoms with Gasteiger partial charge in [-0.25, -0.2) is 0 Å². The van der Waals surface area contributed by atoms with E-state index in [1.165, 1.54) is 25.7 Å². The van der Waals surface area contributed by atoms with E-state index in [0.29, 0.717) is 19.5 Å². The molecule has 0 spiro atoms. The van der Waals surface area contributed by atoms with Gasteiger partial charge in [0.1, 0.15) is 0 Å². The lowest BCUT2D eigenvalue weighted by Crippen LogP contribution is -2.21. The van der Waals surface area contributed by atoms with E-state index in [1.54, 1.807) is 6.92 Å². The maximum absolute atomic E-state index is 10.6. The van der Waals surface area contributed by atoms with Crippen LogP contribution >= 0.6 is 0 Å². The summed E-state index contributed by atoms with van der Waals surface area (Å²) in [6, 6.07) is 0. The number of rotatable bonds is 18. The number of carboxylic acid groups (broad SMARTS) is 1. The van der Waals surface area contributed by atoms with E-state index < -0.39 is 5.97 Å². The SMILES string of the molecule is CCCCC/C=C\C/C=C\C/C=C\C/C=C\CCC(C)C(=O)O.OCCNCCO. The van der Waals surface area contributed by atoms with Crippen molar-refractivity contribution in [2.45, 2.75) is 71.6 Å². The van der Waals surface area contributed by atoms with Crippen LogP contribution in [0.5, 0.6) is 0 Å². The van der Waals surface area contributed by atoms with Crippen molar-refractivity contribution in [3.63, 3.8) is 0 Å². The quantitative estimate of drug-likeness (QED) is 0.183. The van der Waals surface area contributed by atoms with Gasteiger partial charge in [0.15, 0.2) is 0 Å². The topological polar surface area (TPSA) is 89.8 Å². The molecule has 0 aromatic heterocycles. The van der Waals surface area contributed by atoms with Gasteiger partial charge in [0.25, 0.3) is 0 Å². The third-order valence-corrected chi connectivity index (χ3v) is 4.22. The molecule has 5 heteroatoms. The Hall–Kier alpha value is -1.69. The summed E-state index contributed by atoms with van der Waals surface area (Å²) in [6.45, 7) is 5.40. The molecule has 4 N–H and O–H groups in total. The Bertz CT molecular complexity index is 466. The summed E-state index contributed by atoms with van der Waals surface area (Å²) < 4.78 is 0. The number of carboxylic acids is 1. The number of aliphatic hydroxyl groups is 2. The standard InChI is InChI=1S/C21H34O2.C4H11NO2/c1-3-4-5-6-7-8-9-10-11-12-13-14-15-16-17-18-19-20(2)21(22)23;6-3-1-5-2-4-7/h7-8,10-11,13-14,16-17,20H,3-6,9,12,15,18-19H2,1-2H3,(H,22,23);5-7H,1-4H2/b8-7-,11-10-,14-13-,17-16-;. The van der Waals surface area contributed by atoms with Crippen molar-refractivity contribution >= 4 is 5.97 Å². The van der Waals surface area contributed by atoms with Crippen LogP contribution in [-0.2, 0) is 4.79 Å². The number of hydrogen-bond acceptors (Lipinski definition) is 4. The highest BCUT2D eigenvalue weighted by molar-refractivity contribution is 5.69. The van der Waals surface area contributed by atoms with Crippen molar-refractivity contribution in [1.82, 2.24) is 5.32 Å². The molecule has 0 amide bonds. The number of nitrogens with one attached hydrogen (secondary N) is 1. The summed E-state index contributed by atoms with van der Waals surface area (Å²) in [5.74, 6) is -0.957. The van der Waals surface area contributed by atoms with Crippen LogP contribution in [0, 0.1) is 5.92 Å². The number of hydrogen-bond donors (Lipinski definition) is 4. The number of unbranched alkanes of at least 4 members (excludes halogenated alkanes) is 3. The molecule has 5 nitrogen and oxygen atoms in total. The molecule has 1 unspecified atom stereocenters. The van der Waals surface area contributed by atoms with Gasteiger partial charge in [-0.3, -0.25) is 4.79 Å². The van der Waals surface area contributed by atoms with Crippen LogP contribution in [0.2, 0.25) is 0 Å². The van der Waals surface area contributed by atoms with Crippen LogP contribution in [0.1, 0.15) is 71.6 Å². The lowest BCUT2D eigenvalue weighted by Gasteiger charge is -2.01. The first-order valence-corrected chi connectivity index (χ1v) is 11.3. The van der Waals surface area contributed by atoms with E-state index >= 15 is 0 Å². The second-order valence-corrected chi connectivity index (χ2v) is 7.10. The van der Waals surface area contributed by atoms with E-state index in [2.05, 4.69) is 60.8 Å². The lowest BCUT2D eigenvalue weighted by atomic mass is 10.1. The first-order chi connectivity index (χ1) is 14.6. The summed E-state index contributed by atoms with van der Waals surface area (Å²) in [5.41, 5.74) is 0.